The number of nitrogens with zero attached hydrogens (tertiary/aromatic N) is 3. The standard InChI is InChI=1S/C8H7N3O2/c12-8(13)3-6-5-11-2-1-9-4-7(11)10-6/h1-2,4-5H,3H2,(H,12,13). The first kappa shape index (κ1) is 7.72. The Hall–Kier alpha value is -1.91. The van der Waals surface area contributed by atoms with E-state index in [0.29, 0.717) is 11.3 Å². The molecule has 0 aliphatic rings. The molecule has 2 aromatic rings. The minimum Gasteiger partial charge on any atom is -0.481 e. The van der Waals surface area contributed by atoms with Gasteiger partial charge in [-0.05, 0) is 0 Å². The fraction of sp³-hybridized carbons (Fsp3) is 0.125. The molecule has 0 atom stereocenters. The van der Waals surface area contributed by atoms with Crippen LogP contribution in [-0.4, -0.2) is 25.4 Å². The molecule has 1 N–H and O–H groups in total. The molecule has 0 bridgehead atoms. The fourth-order valence-electron chi connectivity index (χ4n) is 1.14. The summed E-state index contributed by atoms with van der Waals surface area (Å²) in [7, 11) is 0. The van der Waals surface area contributed by atoms with Gasteiger partial charge >= 0.3 is 5.97 Å². The van der Waals surface area contributed by atoms with Crippen LogP contribution < -0.4 is 0 Å². The zero-order chi connectivity index (χ0) is 9.26. The van der Waals surface area contributed by atoms with E-state index in [1.165, 1.54) is 0 Å². The number of hydrogen-bond acceptors (Lipinski definition) is 3. The smallest absolute Gasteiger partial charge is 0.309 e. The predicted octanol–water partition coefficient (Wildman–Crippen LogP) is 0.356. The van der Waals surface area contributed by atoms with E-state index in [1.54, 1.807) is 29.2 Å². The van der Waals surface area contributed by atoms with E-state index in [0.717, 1.165) is 0 Å². The highest BCUT2D eigenvalue weighted by Crippen LogP contribution is 2.03. The summed E-state index contributed by atoms with van der Waals surface area (Å²) in [4.78, 5) is 18.3. The summed E-state index contributed by atoms with van der Waals surface area (Å²) < 4.78 is 1.74. The predicted molar refractivity (Wildman–Crippen MR) is 44.3 cm³/mol. The zero-order valence-corrected chi connectivity index (χ0v) is 6.71. The Morgan fingerprint density at radius 3 is 3.15 bits per heavy atom. The van der Waals surface area contributed by atoms with Crippen molar-refractivity contribution >= 4 is 11.6 Å². The highest BCUT2D eigenvalue weighted by atomic mass is 16.4. The highest BCUT2D eigenvalue weighted by molar-refractivity contribution is 5.69. The minimum absolute atomic E-state index is 0.0539. The summed E-state index contributed by atoms with van der Waals surface area (Å²) in [6, 6.07) is 0. The lowest BCUT2D eigenvalue weighted by molar-refractivity contribution is -0.136. The molecule has 0 aliphatic heterocycles. The summed E-state index contributed by atoms with van der Waals surface area (Å²) in [5.74, 6) is -0.878. The Morgan fingerprint density at radius 1 is 1.62 bits per heavy atom. The Bertz CT molecular complexity index is 416. The van der Waals surface area contributed by atoms with Crippen molar-refractivity contribution in [1.29, 1.82) is 0 Å². The largest absolute Gasteiger partial charge is 0.481 e. The Morgan fingerprint density at radius 2 is 2.46 bits per heavy atom. The number of fused-ring (bicyclic) bond motifs is 1. The normalized spacial score (nSPS) is 10.5. The van der Waals surface area contributed by atoms with Crippen LogP contribution in [0.4, 0.5) is 0 Å². The third-order valence-corrected chi connectivity index (χ3v) is 1.65. The molecule has 2 rings (SSSR count). The van der Waals surface area contributed by atoms with E-state index in [9.17, 15) is 4.79 Å². The summed E-state index contributed by atoms with van der Waals surface area (Å²) in [5, 5.41) is 8.53. The van der Waals surface area contributed by atoms with Crippen molar-refractivity contribution in [2.24, 2.45) is 0 Å². The van der Waals surface area contributed by atoms with Crippen LogP contribution in [0.15, 0.2) is 24.8 Å². The van der Waals surface area contributed by atoms with Gasteiger partial charge in [0.1, 0.15) is 0 Å². The van der Waals surface area contributed by atoms with E-state index < -0.39 is 5.97 Å². The first-order valence-electron chi connectivity index (χ1n) is 3.75. The van der Waals surface area contributed by atoms with E-state index in [-0.39, 0.29) is 6.42 Å². The van der Waals surface area contributed by atoms with Crippen molar-refractivity contribution in [2.75, 3.05) is 0 Å². The maximum Gasteiger partial charge on any atom is 0.309 e. The Labute approximate surface area is 73.7 Å². The monoisotopic (exact) mass is 177 g/mol. The van der Waals surface area contributed by atoms with Gasteiger partial charge in [0.15, 0.2) is 5.65 Å². The van der Waals surface area contributed by atoms with E-state index >= 15 is 0 Å². The number of aliphatic carboxylic acids is 1. The summed E-state index contributed by atoms with van der Waals surface area (Å²) in [6.07, 6.45) is 6.57. The van der Waals surface area contributed by atoms with Crippen molar-refractivity contribution in [2.45, 2.75) is 6.42 Å². The molecule has 0 spiro atoms. The van der Waals surface area contributed by atoms with Crippen LogP contribution >= 0.6 is 0 Å². The molecular weight excluding hydrogens is 170 g/mol. The summed E-state index contributed by atoms with van der Waals surface area (Å²) >= 11 is 0. The highest BCUT2D eigenvalue weighted by Gasteiger charge is 2.04. The molecule has 0 aromatic carbocycles. The summed E-state index contributed by atoms with van der Waals surface area (Å²) in [5.41, 5.74) is 1.21. The molecule has 0 unspecified atom stereocenters. The van der Waals surface area contributed by atoms with Gasteiger partial charge < -0.3 is 9.51 Å². The maximum atomic E-state index is 10.4. The van der Waals surface area contributed by atoms with Gasteiger partial charge in [-0.15, -0.1) is 0 Å². The number of hydrogen-bond donors (Lipinski definition) is 1. The SMILES string of the molecule is O=C(O)Cc1cn2ccncc2n1. The molecule has 0 aliphatic carbocycles. The Balaban J connectivity index is 2.44. The number of carbonyl (C=O) groups is 1. The molecular formula is C8H7N3O2. The van der Waals surface area contributed by atoms with Crippen molar-refractivity contribution in [3.63, 3.8) is 0 Å². The summed E-state index contributed by atoms with van der Waals surface area (Å²) in [6.45, 7) is 0. The van der Waals surface area contributed by atoms with Gasteiger partial charge in [0, 0.05) is 18.6 Å². The van der Waals surface area contributed by atoms with Gasteiger partial charge in [-0.2, -0.15) is 0 Å². The van der Waals surface area contributed by atoms with Gasteiger partial charge in [-0.1, -0.05) is 0 Å². The second kappa shape index (κ2) is 2.85. The molecule has 2 heterocycles. The third kappa shape index (κ3) is 1.48. The van der Waals surface area contributed by atoms with Crippen LogP contribution in [0.1, 0.15) is 5.69 Å². The quantitative estimate of drug-likeness (QED) is 0.719. The molecule has 5 nitrogen and oxygen atoms in total. The molecule has 5 heteroatoms. The van der Waals surface area contributed by atoms with Crippen LogP contribution in [0, 0.1) is 0 Å². The molecule has 0 amide bonds. The van der Waals surface area contributed by atoms with E-state index in [1.807, 2.05) is 0 Å². The molecule has 13 heavy (non-hydrogen) atoms. The van der Waals surface area contributed by atoms with Crippen molar-refractivity contribution < 1.29 is 9.90 Å². The molecule has 66 valence electrons. The average molecular weight is 177 g/mol. The van der Waals surface area contributed by atoms with Crippen LogP contribution in [0.25, 0.3) is 5.65 Å². The zero-order valence-electron chi connectivity index (χ0n) is 6.71. The minimum atomic E-state index is -0.878. The number of aromatic nitrogens is 3. The number of carboxylic acids is 1. The lowest BCUT2D eigenvalue weighted by Gasteiger charge is -1.86. The second-order valence-electron chi connectivity index (χ2n) is 2.64. The average Bonchev–Trinajstić information content (AvgIpc) is 2.44. The van der Waals surface area contributed by atoms with Crippen molar-refractivity contribution in [3.8, 4) is 0 Å². The molecule has 0 saturated carbocycles. The molecule has 0 radical (unpaired) electrons. The molecule has 0 saturated heterocycles. The third-order valence-electron chi connectivity index (χ3n) is 1.65. The number of carboxylic acid groups (broad SMARTS) is 1. The lowest BCUT2D eigenvalue weighted by atomic mass is 10.3. The van der Waals surface area contributed by atoms with Crippen LogP contribution in [0.2, 0.25) is 0 Å². The van der Waals surface area contributed by atoms with Gasteiger partial charge in [0.25, 0.3) is 0 Å². The molecule has 2 aromatic heterocycles. The van der Waals surface area contributed by atoms with Crippen LogP contribution in [0.3, 0.4) is 0 Å². The Kier molecular flexibility index (Phi) is 1.70. The van der Waals surface area contributed by atoms with E-state index in [4.69, 9.17) is 5.11 Å². The van der Waals surface area contributed by atoms with Gasteiger partial charge in [0.05, 0.1) is 18.3 Å². The molecule has 0 fully saturated rings. The second-order valence-corrected chi connectivity index (χ2v) is 2.64. The number of imidazole rings is 1. The van der Waals surface area contributed by atoms with Crippen LogP contribution in [-0.2, 0) is 11.2 Å². The lowest BCUT2D eigenvalue weighted by Crippen LogP contribution is -1.99. The van der Waals surface area contributed by atoms with Gasteiger partial charge in [-0.3, -0.25) is 9.78 Å². The van der Waals surface area contributed by atoms with Crippen molar-refractivity contribution in [3.05, 3.63) is 30.5 Å². The van der Waals surface area contributed by atoms with E-state index in [2.05, 4.69) is 9.97 Å². The topological polar surface area (TPSA) is 67.5 Å². The first-order chi connectivity index (χ1) is 6.25. The van der Waals surface area contributed by atoms with Crippen molar-refractivity contribution in [1.82, 2.24) is 14.4 Å². The van der Waals surface area contributed by atoms with Gasteiger partial charge in [0.2, 0.25) is 0 Å². The maximum absolute atomic E-state index is 10.4. The first-order valence-corrected chi connectivity index (χ1v) is 3.75. The number of rotatable bonds is 2. The fourth-order valence-corrected chi connectivity index (χ4v) is 1.14. The van der Waals surface area contributed by atoms with Crippen LogP contribution in [0.5, 0.6) is 0 Å². The van der Waals surface area contributed by atoms with Gasteiger partial charge in [-0.25, -0.2) is 4.98 Å².